The van der Waals surface area contributed by atoms with E-state index in [4.69, 9.17) is 14.2 Å². The molecule has 5 atom stereocenters. The highest BCUT2D eigenvalue weighted by molar-refractivity contribution is 5.78. The highest BCUT2D eigenvalue weighted by atomic mass is 16.5. The molecule has 0 aliphatic carbocycles. The number of carbonyl (C=O) groups excluding carboxylic acids is 1. The minimum atomic E-state index is -0.649. The summed E-state index contributed by atoms with van der Waals surface area (Å²) in [6.07, 6.45) is 3.74. The average molecular weight is 593 g/mol. The van der Waals surface area contributed by atoms with Gasteiger partial charge in [0.1, 0.15) is 43.3 Å². The lowest BCUT2D eigenvalue weighted by atomic mass is 9.94. The van der Waals surface area contributed by atoms with Crippen LogP contribution in [0.4, 0.5) is 0 Å². The highest BCUT2D eigenvalue weighted by Gasteiger charge is 2.52. The number of esters is 1. The number of piperidine rings is 1. The van der Waals surface area contributed by atoms with Gasteiger partial charge in [0.2, 0.25) is 0 Å². The molecule has 2 fully saturated rings. The lowest BCUT2D eigenvalue weighted by Gasteiger charge is -2.47. The van der Waals surface area contributed by atoms with E-state index in [0.717, 1.165) is 64.9 Å². The number of hydrogen-bond donors (Lipinski definition) is 1. The van der Waals surface area contributed by atoms with Crippen molar-refractivity contribution in [3.63, 3.8) is 0 Å². The van der Waals surface area contributed by atoms with Crippen molar-refractivity contribution in [1.82, 2.24) is 0 Å². The van der Waals surface area contributed by atoms with Gasteiger partial charge in [-0.15, -0.1) is 0 Å². The second-order valence-corrected chi connectivity index (χ2v) is 12.4. The van der Waals surface area contributed by atoms with Crippen molar-refractivity contribution in [3.05, 3.63) is 131 Å². The van der Waals surface area contributed by atoms with E-state index in [1.165, 1.54) is 5.56 Å². The molecule has 0 radical (unpaired) electrons. The number of nitrogens with zero attached hydrogens (tertiary/aromatic N) is 1. The van der Waals surface area contributed by atoms with Crippen LogP contribution in [0.15, 0.2) is 109 Å². The molecule has 4 aromatic carbocycles. The fourth-order valence-corrected chi connectivity index (χ4v) is 7.06. The summed E-state index contributed by atoms with van der Waals surface area (Å²) in [5.41, 5.74) is 4.21. The largest absolute Gasteiger partial charge is 0.489 e. The van der Waals surface area contributed by atoms with E-state index in [9.17, 15) is 9.90 Å². The van der Waals surface area contributed by atoms with Gasteiger partial charge in [0, 0.05) is 37.3 Å². The SMILES string of the molecule is C[N+]1(Cc2cc(OCc3ccccc3)cc(OCc3ccccc3)c2)[C@@H]2CC[C@H]1CC(OC(=O)C(CO)c1ccccc1)C2. The fraction of sp³-hybridized carbons (Fsp3) is 0.342. The van der Waals surface area contributed by atoms with Crippen LogP contribution in [-0.4, -0.2) is 47.4 Å². The molecule has 2 bridgehead atoms. The van der Waals surface area contributed by atoms with Crippen molar-refractivity contribution in [1.29, 1.82) is 0 Å². The number of benzene rings is 4. The number of aliphatic hydroxyl groups excluding tert-OH is 1. The van der Waals surface area contributed by atoms with E-state index in [-0.39, 0.29) is 18.7 Å². The lowest BCUT2D eigenvalue weighted by molar-refractivity contribution is -0.961. The third-order valence-corrected chi connectivity index (χ3v) is 9.48. The summed E-state index contributed by atoms with van der Waals surface area (Å²) in [7, 11) is 2.35. The summed E-state index contributed by atoms with van der Waals surface area (Å²) in [6, 6.07) is 36.9. The molecule has 6 rings (SSSR count). The van der Waals surface area contributed by atoms with Crippen LogP contribution in [0, 0.1) is 0 Å². The topological polar surface area (TPSA) is 65.0 Å². The van der Waals surface area contributed by atoms with Crippen LogP contribution in [0.1, 0.15) is 53.9 Å². The Morgan fingerprint density at radius 1 is 0.750 bits per heavy atom. The Hall–Kier alpha value is -4.13. The maximum absolute atomic E-state index is 13.1. The molecular formula is C38H42NO5+. The molecule has 6 nitrogen and oxygen atoms in total. The maximum atomic E-state index is 13.1. The molecule has 3 unspecified atom stereocenters. The monoisotopic (exact) mass is 592 g/mol. The van der Waals surface area contributed by atoms with Crippen LogP contribution >= 0.6 is 0 Å². The van der Waals surface area contributed by atoms with Crippen molar-refractivity contribution in [2.24, 2.45) is 0 Å². The van der Waals surface area contributed by atoms with Crippen LogP contribution in [0.3, 0.4) is 0 Å². The van der Waals surface area contributed by atoms with Gasteiger partial charge in [-0.2, -0.15) is 0 Å². The minimum absolute atomic E-state index is 0.130. The van der Waals surface area contributed by atoms with E-state index in [1.807, 2.05) is 72.8 Å². The van der Waals surface area contributed by atoms with Gasteiger partial charge in [-0.3, -0.25) is 4.79 Å². The zero-order valence-corrected chi connectivity index (χ0v) is 25.4. The van der Waals surface area contributed by atoms with Gasteiger partial charge in [-0.25, -0.2) is 0 Å². The maximum Gasteiger partial charge on any atom is 0.316 e. The fourth-order valence-electron chi connectivity index (χ4n) is 7.06. The molecule has 6 heteroatoms. The van der Waals surface area contributed by atoms with Gasteiger partial charge in [0.15, 0.2) is 0 Å². The zero-order chi connectivity index (χ0) is 30.4. The zero-order valence-electron chi connectivity index (χ0n) is 25.4. The molecule has 2 aliphatic rings. The quantitative estimate of drug-likeness (QED) is 0.145. The van der Waals surface area contributed by atoms with Crippen LogP contribution in [0.2, 0.25) is 0 Å². The predicted octanol–water partition coefficient (Wildman–Crippen LogP) is 6.80. The molecule has 228 valence electrons. The third kappa shape index (κ3) is 6.98. The van der Waals surface area contributed by atoms with Gasteiger partial charge in [0.05, 0.1) is 25.7 Å². The molecule has 44 heavy (non-hydrogen) atoms. The Morgan fingerprint density at radius 2 is 1.25 bits per heavy atom. The van der Waals surface area contributed by atoms with Gasteiger partial charge < -0.3 is 23.8 Å². The Morgan fingerprint density at radius 3 is 1.75 bits per heavy atom. The number of quaternary nitrogens is 1. The highest BCUT2D eigenvalue weighted by Crippen LogP contribution is 2.44. The second-order valence-electron chi connectivity index (χ2n) is 12.4. The first-order chi connectivity index (χ1) is 21.5. The van der Waals surface area contributed by atoms with E-state index in [0.29, 0.717) is 25.3 Å². The van der Waals surface area contributed by atoms with E-state index < -0.39 is 5.92 Å². The minimum Gasteiger partial charge on any atom is -0.489 e. The number of aliphatic hydroxyl groups is 1. The Kier molecular flexibility index (Phi) is 9.29. The summed E-state index contributed by atoms with van der Waals surface area (Å²) < 4.78 is 19.5. The predicted molar refractivity (Wildman–Crippen MR) is 170 cm³/mol. The van der Waals surface area contributed by atoms with Crippen LogP contribution in [-0.2, 0) is 29.3 Å². The first-order valence-electron chi connectivity index (χ1n) is 15.7. The van der Waals surface area contributed by atoms with E-state index in [2.05, 4.69) is 43.4 Å². The van der Waals surface area contributed by atoms with Crippen LogP contribution < -0.4 is 9.47 Å². The molecule has 0 spiro atoms. The number of carbonyl (C=O) groups is 1. The van der Waals surface area contributed by atoms with Gasteiger partial charge in [-0.1, -0.05) is 91.0 Å². The van der Waals surface area contributed by atoms with Gasteiger partial charge in [-0.05, 0) is 28.8 Å². The lowest BCUT2D eigenvalue weighted by Crippen LogP contribution is -2.58. The molecule has 2 heterocycles. The van der Waals surface area contributed by atoms with Crippen molar-refractivity contribution in [2.75, 3.05) is 13.7 Å². The third-order valence-electron chi connectivity index (χ3n) is 9.48. The summed E-state index contributed by atoms with van der Waals surface area (Å²) in [5.74, 6) is 0.619. The molecule has 0 amide bonds. The van der Waals surface area contributed by atoms with Crippen LogP contribution in [0.25, 0.3) is 0 Å². The summed E-state index contributed by atoms with van der Waals surface area (Å²) >= 11 is 0. The number of hydrogen-bond acceptors (Lipinski definition) is 5. The molecule has 0 aromatic heterocycles. The summed E-state index contributed by atoms with van der Waals surface area (Å²) in [6.45, 7) is 1.58. The van der Waals surface area contributed by atoms with Gasteiger partial charge >= 0.3 is 5.97 Å². The summed E-state index contributed by atoms with van der Waals surface area (Å²) in [5, 5.41) is 9.97. The Balaban J connectivity index is 1.16. The first-order valence-corrected chi connectivity index (χ1v) is 15.7. The Labute approximate surface area is 260 Å². The average Bonchev–Trinajstić information content (AvgIpc) is 3.19. The van der Waals surface area contributed by atoms with Crippen LogP contribution in [0.5, 0.6) is 11.5 Å². The molecule has 1 N–H and O–H groups in total. The van der Waals surface area contributed by atoms with Crippen molar-refractivity contribution in [3.8, 4) is 11.5 Å². The molecular weight excluding hydrogens is 550 g/mol. The molecule has 2 saturated heterocycles. The number of fused-ring (bicyclic) bond motifs is 2. The first kappa shape index (κ1) is 29.9. The smallest absolute Gasteiger partial charge is 0.316 e. The van der Waals surface area contributed by atoms with Crippen molar-refractivity contribution in [2.45, 2.75) is 69.5 Å². The van der Waals surface area contributed by atoms with Crippen molar-refractivity contribution < 1.29 is 28.6 Å². The molecule has 4 aromatic rings. The second kappa shape index (κ2) is 13.7. The molecule has 2 aliphatic heterocycles. The number of ether oxygens (including phenoxy) is 3. The normalized spacial score (nSPS) is 23.1. The Bertz CT molecular complexity index is 1430. The van der Waals surface area contributed by atoms with E-state index >= 15 is 0 Å². The summed E-state index contributed by atoms with van der Waals surface area (Å²) in [4.78, 5) is 13.1. The standard InChI is InChI=1S/C38H42NO5/c1-39(32-17-18-33(39)22-36(21-32)44-38(41)37(25-40)31-15-9-4-10-16-31)24-30-19-34(42-26-28-11-5-2-6-12-28)23-35(20-30)43-27-29-13-7-3-8-14-29/h2-16,19-20,23,32-33,36-37,40H,17-18,21-22,24-27H2,1H3/q+1/t32-,33+,36?,37?,39?. The van der Waals surface area contributed by atoms with E-state index in [1.54, 1.807) is 0 Å². The number of rotatable bonds is 12. The van der Waals surface area contributed by atoms with Crippen molar-refractivity contribution >= 4 is 5.97 Å². The molecule has 0 saturated carbocycles. The van der Waals surface area contributed by atoms with Gasteiger partial charge in [0.25, 0.3) is 0 Å².